The van der Waals surface area contributed by atoms with Gasteiger partial charge in [0.2, 0.25) is 0 Å². The van der Waals surface area contributed by atoms with Gasteiger partial charge < -0.3 is 0 Å². The van der Waals surface area contributed by atoms with Crippen LogP contribution in [-0.4, -0.2) is 19.6 Å². The zero-order valence-electron chi connectivity index (χ0n) is 8.02. The molecule has 0 amide bonds. The molecule has 0 aromatic heterocycles. The van der Waals surface area contributed by atoms with Gasteiger partial charge in [-0.25, -0.2) is 8.42 Å². The molecule has 1 aromatic carbocycles. The van der Waals surface area contributed by atoms with Gasteiger partial charge in [-0.05, 0) is 18.6 Å². The molecule has 0 aliphatic rings. The summed E-state index contributed by atoms with van der Waals surface area (Å²) in [5.41, 5.74) is 0.0233. The van der Waals surface area contributed by atoms with Crippen molar-refractivity contribution in [3.63, 3.8) is 0 Å². The van der Waals surface area contributed by atoms with Gasteiger partial charge in [0.15, 0.2) is 9.84 Å². The molecule has 0 atom stereocenters. The van der Waals surface area contributed by atoms with Crippen molar-refractivity contribution in [2.45, 2.75) is 11.8 Å². The van der Waals surface area contributed by atoms with Crippen molar-refractivity contribution < 1.29 is 13.3 Å². The average molecular weight is 250 g/mol. The number of halogens is 1. The van der Waals surface area contributed by atoms with E-state index in [2.05, 4.69) is 0 Å². The Labute approximate surface area is 91.7 Å². The lowest BCUT2D eigenvalue weighted by atomic mass is 10.2. The molecule has 5 nitrogen and oxygen atoms in total. The molecule has 0 spiro atoms. The minimum atomic E-state index is -3.64. The zero-order valence-corrected chi connectivity index (χ0v) is 9.59. The molecule has 1 aromatic rings. The van der Waals surface area contributed by atoms with Gasteiger partial charge in [-0.2, -0.15) is 0 Å². The first-order valence-corrected chi connectivity index (χ1v) is 6.15. The second-order valence-electron chi connectivity index (χ2n) is 3.10. The molecule has 0 bridgehead atoms. The Morgan fingerprint density at radius 2 is 1.93 bits per heavy atom. The van der Waals surface area contributed by atoms with Crippen molar-refractivity contribution in [3.05, 3.63) is 32.8 Å². The maximum absolute atomic E-state index is 11.3. The lowest BCUT2D eigenvalue weighted by molar-refractivity contribution is -0.387. The van der Waals surface area contributed by atoms with Gasteiger partial charge in [-0.15, -0.1) is 0 Å². The van der Waals surface area contributed by atoms with Crippen molar-refractivity contribution >= 4 is 27.1 Å². The number of aryl methyl sites for hydroxylation is 1. The monoisotopic (exact) mass is 249 g/mol. The van der Waals surface area contributed by atoms with Gasteiger partial charge >= 0.3 is 0 Å². The summed E-state index contributed by atoms with van der Waals surface area (Å²) in [5.74, 6) is 0. The molecule has 0 radical (unpaired) electrons. The minimum absolute atomic E-state index is 0.195. The van der Waals surface area contributed by atoms with E-state index in [0.29, 0.717) is 5.56 Å². The SMILES string of the molecule is Cc1cc([N+](=O)[O-])c(S(C)(=O)=O)cc1Cl. The second-order valence-corrected chi connectivity index (χ2v) is 5.49. The van der Waals surface area contributed by atoms with Crippen LogP contribution in [0.2, 0.25) is 5.02 Å². The smallest absolute Gasteiger partial charge is 0.258 e. The third kappa shape index (κ3) is 2.45. The van der Waals surface area contributed by atoms with Crippen LogP contribution in [0.4, 0.5) is 5.69 Å². The van der Waals surface area contributed by atoms with Gasteiger partial charge in [0.25, 0.3) is 5.69 Å². The number of sulfone groups is 1. The molecule has 0 fully saturated rings. The number of nitrogens with zero attached hydrogens (tertiary/aromatic N) is 1. The Bertz CT molecular complexity index is 524. The molecular formula is C8H8ClNO4S. The Kier molecular flexibility index (Phi) is 3.01. The molecule has 0 heterocycles. The predicted molar refractivity (Wildman–Crippen MR) is 56.0 cm³/mol. The first-order valence-electron chi connectivity index (χ1n) is 3.88. The van der Waals surface area contributed by atoms with Crippen molar-refractivity contribution in [3.8, 4) is 0 Å². The van der Waals surface area contributed by atoms with Crippen molar-refractivity contribution in [1.82, 2.24) is 0 Å². The molecule has 82 valence electrons. The first-order chi connectivity index (χ1) is 6.73. The van der Waals surface area contributed by atoms with E-state index in [1.54, 1.807) is 6.92 Å². The van der Waals surface area contributed by atoms with E-state index in [0.717, 1.165) is 18.4 Å². The first kappa shape index (κ1) is 11.9. The van der Waals surface area contributed by atoms with Crippen LogP contribution < -0.4 is 0 Å². The van der Waals surface area contributed by atoms with Crippen LogP contribution >= 0.6 is 11.6 Å². The van der Waals surface area contributed by atoms with Crippen molar-refractivity contribution in [1.29, 1.82) is 0 Å². The molecular weight excluding hydrogens is 242 g/mol. The second kappa shape index (κ2) is 3.79. The van der Waals surface area contributed by atoms with E-state index in [9.17, 15) is 18.5 Å². The summed E-state index contributed by atoms with van der Waals surface area (Å²) in [6.07, 6.45) is 0.904. The molecule has 0 unspecified atom stereocenters. The highest BCUT2D eigenvalue weighted by Gasteiger charge is 2.23. The number of benzene rings is 1. The van der Waals surface area contributed by atoms with Crippen LogP contribution in [0.25, 0.3) is 0 Å². The average Bonchev–Trinajstić information content (AvgIpc) is 2.06. The van der Waals surface area contributed by atoms with Gasteiger partial charge in [0.05, 0.1) is 4.92 Å². The molecule has 0 N–H and O–H groups in total. The van der Waals surface area contributed by atoms with E-state index < -0.39 is 20.4 Å². The highest BCUT2D eigenvalue weighted by Crippen LogP contribution is 2.29. The largest absolute Gasteiger partial charge is 0.288 e. The van der Waals surface area contributed by atoms with Crippen molar-refractivity contribution in [2.75, 3.05) is 6.26 Å². The molecule has 0 aliphatic carbocycles. The Morgan fingerprint density at radius 3 is 2.33 bits per heavy atom. The maximum atomic E-state index is 11.3. The highest BCUT2D eigenvalue weighted by molar-refractivity contribution is 7.90. The number of hydrogen-bond donors (Lipinski definition) is 0. The molecule has 1 rings (SSSR count). The molecule has 0 aliphatic heterocycles. The summed E-state index contributed by atoms with van der Waals surface area (Å²) in [7, 11) is -3.64. The Balaban J connectivity index is 3.64. The van der Waals surface area contributed by atoms with Gasteiger partial charge in [-0.3, -0.25) is 10.1 Å². The summed E-state index contributed by atoms with van der Waals surface area (Å²) in [4.78, 5) is 9.54. The number of nitro groups is 1. The fourth-order valence-electron chi connectivity index (χ4n) is 1.09. The number of nitro benzene ring substituents is 1. The van der Waals surface area contributed by atoms with Gasteiger partial charge in [0, 0.05) is 17.3 Å². The zero-order chi connectivity index (χ0) is 11.8. The normalized spacial score (nSPS) is 11.4. The fourth-order valence-corrected chi connectivity index (χ4v) is 2.16. The van der Waals surface area contributed by atoms with E-state index in [1.807, 2.05) is 0 Å². The molecule has 15 heavy (non-hydrogen) atoms. The van der Waals surface area contributed by atoms with Crippen LogP contribution in [0.1, 0.15) is 5.56 Å². The lowest BCUT2D eigenvalue weighted by Gasteiger charge is -2.03. The van der Waals surface area contributed by atoms with E-state index >= 15 is 0 Å². The van der Waals surface area contributed by atoms with Crippen LogP contribution in [0.15, 0.2) is 17.0 Å². The third-order valence-electron chi connectivity index (χ3n) is 1.84. The van der Waals surface area contributed by atoms with E-state index in [-0.39, 0.29) is 9.92 Å². The highest BCUT2D eigenvalue weighted by atomic mass is 35.5. The van der Waals surface area contributed by atoms with Crippen LogP contribution in [0.5, 0.6) is 0 Å². The van der Waals surface area contributed by atoms with E-state index in [1.165, 1.54) is 0 Å². The summed E-state index contributed by atoms with van der Waals surface area (Å²) >= 11 is 5.71. The molecule has 0 saturated heterocycles. The standard InChI is InChI=1S/C8H8ClNO4S/c1-5-3-7(10(11)12)8(4-6(5)9)15(2,13)14/h3-4H,1-2H3. The number of hydrogen-bond acceptors (Lipinski definition) is 4. The van der Waals surface area contributed by atoms with E-state index in [4.69, 9.17) is 11.6 Å². The topological polar surface area (TPSA) is 77.3 Å². The summed E-state index contributed by atoms with van der Waals surface area (Å²) in [6, 6.07) is 2.25. The van der Waals surface area contributed by atoms with Gasteiger partial charge in [0.1, 0.15) is 4.90 Å². The van der Waals surface area contributed by atoms with Crippen LogP contribution in [-0.2, 0) is 9.84 Å². The lowest BCUT2D eigenvalue weighted by Crippen LogP contribution is -2.03. The third-order valence-corrected chi connectivity index (χ3v) is 3.37. The summed E-state index contributed by atoms with van der Waals surface area (Å²) < 4.78 is 22.5. The quantitative estimate of drug-likeness (QED) is 0.593. The Morgan fingerprint density at radius 1 is 1.40 bits per heavy atom. The van der Waals surface area contributed by atoms with Crippen LogP contribution in [0.3, 0.4) is 0 Å². The number of rotatable bonds is 2. The maximum Gasteiger partial charge on any atom is 0.288 e. The Hall–Kier alpha value is -1.14. The predicted octanol–water partition coefficient (Wildman–Crippen LogP) is 1.96. The van der Waals surface area contributed by atoms with Gasteiger partial charge in [-0.1, -0.05) is 11.6 Å². The fraction of sp³-hybridized carbons (Fsp3) is 0.250. The summed E-state index contributed by atoms with van der Waals surface area (Å²) in [6.45, 7) is 1.57. The van der Waals surface area contributed by atoms with Crippen molar-refractivity contribution in [2.24, 2.45) is 0 Å². The minimum Gasteiger partial charge on any atom is -0.258 e. The molecule has 0 saturated carbocycles. The summed E-state index contributed by atoms with van der Waals surface area (Å²) in [5, 5.41) is 10.8. The van der Waals surface area contributed by atoms with Crippen LogP contribution in [0, 0.1) is 17.0 Å². The molecule has 7 heteroatoms.